The molecule has 2 aliphatic rings. The van der Waals surface area contributed by atoms with Crippen molar-refractivity contribution in [3.8, 4) is 0 Å². The number of hydrogen-bond acceptors (Lipinski definition) is 2. The molecule has 1 heterocycles. The third-order valence-corrected chi connectivity index (χ3v) is 3.94. The Morgan fingerprint density at radius 1 is 1.30 bits per heavy atom. The van der Waals surface area contributed by atoms with Crippen LogP contribution in [0.1, 0.15) is 19.3 Å². The van der Waals surface area contributed by atoms with Crippen molar-refractivity contribution in [2.45, 2.75) is 25.3 Å². The molecule has 1 atom stereocenters. The number of nitrogens with zero attached hydrogens (tertiary/aromatic N) is 1. The second-order valence-corrected chi connectivity index (χ2v) is 5.65. The molecule has 0 aromatic heterocycles. The van der Waals surface area contributed by atoms with Crippen LogP contribution in [0.4, 0.5) is 10.1 Å². The smallest absolute Gasteiger partial charge is 0.249 e. The molecule has 4 nitrogen and oxygen atoms in total. The molecule has 106 valence electrons. The van der Waals surface area contributed by atoms with E-state index in [-0.39, 0.29) is 36.4 Å². The van der Waals surface area contributed by atoms with Gasteiger partial charge in [-0.2, -0.15) is 0 Å². The van der Waals surface area contributed by atoms with E-state index in [1.54, 1.807) is 0 Å². The molecule has 1 N–H and O–H groups in total. The fraction of sp³-hybridized carbons (Fsp3) is 0.429. The molecule has 1 aromatic rings. The van der Waals surface area contributed by atoms with Crippen LogP contribution < -0.4 is 10.2 Å². The molecule has 1 aliphatic carbocycles. The third-order valence-electron chi connectivity index (χ3n) is 3.70. The highest BCUT2D eigenvalue weighted by molar-refractivity contribution is 6.31. The van der Waals surface area contributed by atoms with Crippen molar-refractivity contribution in [2.24, 2.45) is 5.92 Å². The van der Waals surface area contributed by atoms with Crippen LogP contribution in [0, 0.1) is 11.7 Å². The lowest BCUT2D eigenvalue weighted by Gasteiger charge is -2.24. The Labute approximate surface area is 120 Å². The molecule has 3 rings (SSSR count). The van der Waals surface area contributed by atoms with E-state index in [2.05, 4.69) is 5.32 Å². The quantitative estimate of drug-likeness (QED) is 0.909. The average molecular weight is 297 g/mol. The van der Waals surface area contributed by atoms with Crippen LogP contribution in [-0.4, -0.2) is 24.4 Å². The predicted octanol–water partition coefficient (Wildman–Crippen LogP) is 2.11. The first-order valence-corrected chi connectivity index (χ1v) is 7.00. The van der Waals surface area contributed by atoms with Gasteiger partial charge in [-0.05, 0) is 37.0 Å². The molecule has 1 aromatic carbocycles. The molecule has 0 bridgehead atoms. The summed E-state index contributed by atoms with van der Waals surface area (Å²) in [7, 11) is 0. The van der Waals surface area contributed by atoms with Gasteiger partial charge < -0.3 is 10.2 Å². The highest BCUT2D eigenvalue weighted by atomic mass is 35.5. The fourth-order valence-corrected chi connectivity index (χ4v) is 2.65. The van der Waals surface area contributed by atoms with Gasteiger partial charge in [-0.1, -0.05) is 11.6 Å². The van der Waals surface area contributed by atoms with E-state index in [9.17, 15) is 14.0 Å². The first-order chi connectivity index (χ1) is 9.56. The largest absolute Gasteiger partial charge is 0.344 e. The number of nitrogens with one attached hydrogen (secondary N) is 1. The molecule has 2 amide bonds. The molecule has 6 heteroatoms. The Morgan fingerprint density at radius 3 is 2.75 bits per heavy atom. The molecule has 1 saturated heterocycles. The molecule has 1 aliphatic heterocycles. The lowest BCUT2D eigenvalue weighted by Crippen LogP contribution is -2.46. The predicted molar refractivity (Wildman–Crippen MR) is 73.0 cm³/mol. The third kappa shape index (κ3) is 2.50. The number of rotatable bonds is 2. The lowest BCUT2D eigenvalue weighted by molar-refractivity contribution is -0.126. The lowest BCUT2D eigenvalue weighted by atomic mass is 10.1. The Hall–Kier alpha value is -1.62. The second kappa shape index (κ2) is 5.05. The van der Waals surface area contributed by atoms with Gasteiger partial charge in [-0.25, -0.2) is 4.39 Å². The second-order valence-electron chi connectivity index (χ2n) is 5.22. The van der Waals surface area contributed by atoms with Crippen LogP contribution >= 0.6 is 11.6 Å². The van der Waals surface area contributed by atoms with Gasteiger partial charge in [-0.15, -0.1) is 0 Å². The highest BCUT2D eigenvalue weighted by Gasteiger charge is 2.41. The molecule has 0 radical (unpaired) electrons. The van der Waals surface area contributed by atoms with Gasteiger partial charge in [0.15, 0.2) is 0 Å². The van der Waals surface area contributed by atoms with E-state index in [1.165, 1.54) is 23.1 Å². The van der Waals surface area contributed by atoms with Gasteiger partial charge >= 0.3 is 0 Å². The van der Waals surface area contributed by atoms with Gasteiger partial charge in [0.2, 0.25) is 11.8 Å². The summed E-state index contributed by atoms with van der Waals surface area (Å²) in [5.74, 6) is -0.749. The van der Waals surface area contributed by atoms with Crippen LogP contribution in [0.5, 0.6) is 0 Å². The molecule has 2 fully saturated rings. The summed E-state index contributed by atoms with van der Waals surface area (Å²) in [6.07, 6.45) is 2.01. The van der Waals surface area contributed by atoms with Crippen molar-refractivity contribution in [3.05, 3.63) is 29.0 Å². The zero-order valence-corrected chi connectivity index (χ0v) is 11.5. The molecule has 0 spiro atoms. The minimum absolute atomic E-state index is 0.143. The van der Waals surface area contributed by atoms with E-state index in [4.69, 9.17) is 11.6 Å². The van der Waals surface area contributed by atoms with Crippen molar-refractivity contribution >= 4 is 29.1 Å². The summed E-state index contributed by atoms with van der Waals surface area (Å²) in [6, 6.07) is 3.55. The summed E-state index contributed by atoms with van der Waals surface area (Å²) >= 11 is 5.88. The van der Waals surface area contributed by atoms with Crippen LogP contribution in [0.2, 0.25) is 5.02 Å². The molecule has 1 unspecified atom stereocenters. The van der Waals surface area contributed by atoms with E-state index in [0.717, 1.165) is 12.8 Å². The maximum Gasteiger partial charge on any atom is 0.249 e. The number of anilines is 1. The first kappa shape index (κ1) is 13.4. The van der Waals surface area contributed by atoms with Crippen molar-refractivity contribution < 1.29 is 14.0 Å². The van der Waals surface area contributed by atoms with Crippen LogP contribution in [0.15, 0.2) is 18.2 Å². The zero-order chi connectivity index (χ0) is 14.3. The average Bonchev–Trinajstić information content (AvgIpc) is 3.23. The number of carbonyl (C=O) groups is 2. The number of carbonyl (C=O) groups excluding carboxylic acids is 2. The van der Waals surface area contributed by atoms with Crippen molar-refractivity contribution in [1.82, 2.24) is 5.32 Å². The summed E-state index contributed by atoms with van der Waals surface area (Å²) in [5, 5.41) is 3.10. The van der Waals surface area contributed by atoms with E-state index in [0.29, 0.717) is 5.02 Å². The minimum atomic E-state index is -0.539. The Bertz CT molecular complexity index is 574. The first-order valence-electron chi connectivity index (χ1n) is 6.62. The SMILES string of the molecule is O=C1CCN(c2cc(Cl)ccc2F)C(=O)C(C2CC2)N1. The Balaban J connectivity index is 1.96. The molecular formula is C14H14ClFN2O2. The number of halogens is 2. The number of benzene rings is 1. The summed E-state index contributed by atoms with van der Waals surface area (Å²) in [6.45, 7) is 0.172. The van der Waals surface area contributed by atoms with Crippen molar-refractivity contribution in [2.75, 3.05) is 11.4 Å². The van der Waals surface area contributed by atoms with Crippen LogP contribution in [-0.2, 0) is 9.59 Å². The fourth-order valence-electron chi connectivity index (χ4n) is 2.48. The molecular weight excluding hydrogens is 283 g/mol. The Kier molecular flexibility index (Phi) is 3.38. The van der Waals surface area contributed by atoms with Gasteiger partial charge in [0.25, 0.3) is 0 Å². The Morgan fingerprint density at radius 2 is 2.05 bits per heavy atom. The highest BCUT2D eigenvalue weighted by Crippen LogP contribution is 2.35. The monoisotopic (exact) mass is 296 g/mol. The summed E-state index contributed by atoms with van der Waals surface area (Å²) in [5.41, 5.74) is 0.143. The molecule has 1 saturated carbocycles. The maximum absolute atomic E-state index is 13.9. The maximum atomic E-state index is 13.9. The number of amides is 2. The summed E-state index contributed by atoms with van der Waals surface area (Å²) in [4.78, 5) is 25.6. The van der Waals surface area contributed by atoms with Crippen molar-refractivity contribution in [1.29, 1.82) is 0 Å². The van der Waals surface area contributed by atoms with Crippen LogP contribution in [0.3, 0.4) is 0 Å². The van der Waals surface area contributed by atoms with E-state index in [1.807, 2.05) is 0 Å². The van der Waals surface area contributed by atoms with Gasteiger partial charge in [0.05, 0.1) is 5.69 Å². The van der Waals surface area contributed by atoms with Gasteiger partial charge in [-0.3, -0.25) is 9.59 Å². The van der Waals surface area contributed by atoms with Gasteiger partial charge in [0.1, 0.15) is 11.9 Å². The van der Waals surface area contributed by atoms with Crippen LogP contribution in [0.25, 0.3) is 0 Å². The van der Waals surface area contributed by atoms with Gasteiger partial charge in [0, 0.05) is 18.0 Å². The van der Waals surface area contributed by atoms with E-state index < -0.39 is 11.9 Å². The van der Waals surface area contributed by atoms with E-state index >= 15 is 0 Å². The number of hydrogen-bond donors (Lipinski definition) is 1. The summed E-state index contributed by atoms with van der Waals surface area (Å²) < 4.78 is 13.9. The van der Waals surface area contributed by atoms with Crippen molar-refractivity contribution in [3.63, 3.8) is 0 Å². The normalized spacial score (nSPS) is 23.5. The minimum Gasteiger partial charge on any atom is -0.344 e. The topological polar surface area (TPSA) is 49.4 Å². The standard InChI is InChI=1S/C14H14ClFN2O2/c15-9-3-4-10(16)11(7-9)18-6-5-12(19)17-13(14(18)20)8-1-2-8/h3-4,7-8,13H,1-2,5-6H2,(H,17,19). The zero-order valence-electron chi connectivity index (χ0n) is 10.7. The molecule has 20 heavy (non-hydrogen) atoms.